The average molecular weight is 398 g/mol. The number of halogens is 2. The van der Waals surface area contributed by atoms with Crippen molar-refractivity contribution in [2.24, 2.45) is 0 Å². The number of hydrogen-bond donors (Lipinski definition) is 0. The van der Waals surface area contributed by atoms with E-state index in [9.17, 15) is 4.79 Å². The van der Waals surface area contributed by atoms with Gasteiger partial charge in [0.1, 0.15) is 0 Å². The van der Waals surface area contributed by atoms with E-state index in [2.05, 4.69) is 23.8 Å². The Morgan fingerprint density at radius 3 is 2.42 bits per heavy atom. The van der Waals surface area contributed by atoms with Crippen molar-refractivity contribution in [3.8, 4) is 11.6 Å². The van der Waals surface area contributed by atoms with Crippen LogP contribution in [0.5, 0.6) is 5.88 Å². The average Bonchev–Trinajstić information content (AvgIpc) is 2.62. The van der Waals surface area contributed by atoms with E-state index < -0.39 is 0 Å². The fourth-order valence-electron chi connectivity index (χ4n) is 2.71. The maximum absolute atomic E-state index is 12.1. The zero-order valence-corrected chi connectivity index (χ0v) is 16.8. The molecule has 0 spiro atoms. The fraction of sp³-hybridized carbons (Fsp3) is 0.474. The zero-order valence-electron chi connectivity index (χ0n) is 15.3. The number of benzene rings is 1. The third kappa shape index (κ3) is 6.01. The van der Waals surface area contributed by atoms with E-state index in [1.807, 2.05) is 0 Å². The topological polar surface area (TPSA) is 47.4 Å². The first-order valence-electron chi connectivity index (χ1n) is 8.96. The second kappa shape index (κ2) is 10.6. The van der Waals surface area contributed by atoms with E-state index in [1.165, 1.54) is 10.7 Å². The molecular formula is C19H25Cl2N3O2. The van der Waals surface area contributed by atoms with Crippen molar-refractivity contribution in [1.82, 2.24) is 14.7 Å². The van der Waals surface area contributed by atoms with Gasteiger partial charge in [0.2, 0.25) is 5.88 Å². The Morgan fingerprint density at radius 1 is 1.04 bits per heavy atom. The minimum atomic E-state index is -0.257. The van der Waals surface area contributed by atoms with Crippen molar-refractivity contribution in [2.75, 3.05) is 26.2 Å². The molecule has 0 saturated carbocycles. The van der Waals surface area contributed by atoms with Gasteiger partial charge in [-0.25, -0.2) is 0 Å². The van der Waals surface area contributed by atoms with Gasteiger partial charge in [0.25, 0.3) is 5.56 Å². The third-order valence-corrected chi connectivity index (χ3v) is 4.61. The molecule has 2 aromatic rings. The summed E-state index contributed by atoms with van der Waals surface area (Å²) in [7, 11) is 0. The first-order chi connectivity index (χ1) is 12.5. The summed E-state index contributed by atoms with van der Waals surface area (Å²) in [6.45, 7) is 8.14. The lowest BCUT2D eigenvalue weighted by Crippen LogP contribution is -2.27. The van der Waals surface area contributed by atoms with Gasteiger partial charge in [-0.05, 0) is 50.6 Å². The zero-order chi connectivity index (χ0) is 18.9. The number of ether oxygens (including phenoxy) is 1. The van der Waals surface area contributed by atoms with Gasteiger partial charge < -0.3 is 9.64 Å². The van der Waals surface area contributed by atoms with E-state index in [0.29, 0.717) is 28.2 Å². The maximum atomic E-state index is 12.1. The van der Waals surface area contributed by atoms with Crippen LogP contribution in [0.25, 0.3) is 5.69 Å². The van der Waals surface area contributed by atoms with Crippen LogP contribution in [0.4, 0.5) is 0 Å². The number of nitrogens with zero attached hydrogens (tertiary/aromatic N) is 3. The molecule has 0 N–H and O–H groups in total. The molecule has 0 aliphatic heterocycles. The highest BCUT2D eigenvalue weighted by molar-refractivity contribution is 6.42. The molecule has 0 fully saturated rings. The molecule has 1 aromatic heterocycles. The highest BCUT2D eigenvalue weighted by Crippen LogP contribution is 2.23. The molecule has 0 atom stereocenters. The summed E-state index contributed by atoms with van der Waals surface area (Å²) < 4.78 is 6.99. The van der Waals surface area contributed by atoms with Gasteiger partial charge in [0, 0.05) is 18.7 Å². The minimum Gasteiger partial charge on any atom is -0.477 e. The summed E-state index contributed by atoms with van der Waals surface area (Å²) in [6.07, 6.45) is 3.21. The van der Waals surface area contributed by atoms with Gasteiger partial charge in [-0.3, -0.25) is 4.79 Å². The van der Waals surface area contributed by atoms with Crippen LogP contribution < -0.4 is 10.3 Å². The summed E-state index contributed by atoms with van der Waals surface area (Å²) in [5.74, 6) is 0.410. The molecule has 7 heteroatoms. The van der Waals surface area contributed by atoms with Gasteiger partial charge in [-0.1, -0.05) is 37.0 Å². The summed E-state index contributed by atoms with van der Waals surface area (Å²) in [5, 5.41) is 5.07. The summed E-state index contributed by atoms with van der Waals surface area (Å²) >= 11 is 12.0. The van der Waals surface area contributed by atoms with Crippen molar-refractivity contribution in [1.29, 1.82) is 0 Å². The Morgan fingerprint density at radius 2 is 1.77 bits per heavy atom. The van der Waals surface area contributed by atoms with Crippen molar-refractivity contribution in [2.45, 2.75) is 33.1 Å². The smallest absolute Gasteiger partial charge is 0.271 e. The molecule has 0 aliphatic rings. The van der Waals surface area contributed by atoms with Gasteiger partial charge >= 0.3 is 0 Å². The molecule has 5 nitrogen and oxygen atoms in total. The van der Waals surface area contributed by atoms with Gasteiger partial charge in [0.05, 0.1) is 22.3 Å². The van der Waals surface area contributed by atoms with Crippen LogP contribution in [0.3, 0.4) is 0 Å². The number of hydrogen-bond acceptors (Lipinski definition) is 4. The highest BCUT2D eigenvalue weighted by atomic mass is 35.5. The lowest BCUT2D eigenvalue weighted by molar-refractivity contribution is 0.229. The summed E-state index contributed by atoms with van der Waals surface area (Å²) in [5.41, 5.74) is 0.291. The van der Waals surface area contributed by atoms with Crippen LogP contribution >= 0.6 is 23.2 Å². The third-order valence-electron chi connectivity index (χ3n) is 3.87. The van der Waals surface area contributed by atoms with Crippen LogP contribution in [0, 0.1) is 0 Å². The molecule has 0 bridgehead atoms. The highest BCUT2D eigenvalue weighted by Gasteiger charge is 2.07. The standard InChI is InChI=1S/C19H25Cl2N3O2/c1-3-10-23(11-4-2)12-5-13-26-18-8-9-19(25)24(22-18)15-6-7-16(20)17(21)14-15/h6-9,14H,3-5,10-13H2,1-2H3. The minimum absolute atomic E-state index is 0.257. The van der Waals surface area contributed by atoms with Crippen LogP contribution in [-0.2, 0) is 0 Å². The van der Waals surface area contributed by atoms with Crippen LogP contribution in [0.1, 0.15) is 33.1 Å². The Hall–Kier alpha value is -1.56. The Labute approximate surface area is 164 Å². The summed E-state index contributed by atoms with van der Waals surface area (Å²) in [6, 6.07) is 7.96. The van der Waals surface area contributed by atoms with Crippen LogP contribution in [-0.4, -0.2) is 40.9 Å². The van der Waals surface area contributed by atoms with Crippen molar-refractivity contribution < 1.29 is 4.74 Å². The normalized spacial score (nSPS) is 11.1. The molecular weight excluding hydrogens is 373 g/mol. The first-order valence-corrected chi connectivity index (χ1v) is 9.71. The monoisotopic (exact) mass is 397 g/mol. The second-order valence-electron chi connectivity index (χ2n) is 6.06. The molecule has 0 amide bonds. The molecule has 0 unspecified atom stereocenters. The lowest BCUT2D eigenvalue weighted by Gasteiger charge is -2.20. The molecule has 0 saturated heterocycles. The predicted octanol–water partition coefficient (Wildman–Crippen LogP) is 4.43. The van der Waals surface area contributed by atoms with Gasteiger partial charge in [-0.15, -0.1) is 5.10 Å². The maximum Gasteiger partial charge on any atom is 0.271 e. The lowest BCUT2D eigenvalue weighted by atomic mass is 10.3. The van der Waals surface area contributed by atoms with Crippen molar-refractivity contribution in [3.05, 3.63) is 50.7 Å². The van der Waals surface area contributed by atoms with Crippen molar-refractivity contribution in [3.63, 3.8) is 0 Å². The Kier molecular flexibility index (Phi) is 8.42. The largest absolute Gasteiger partial charge is 0.477 e. The van der Waals surface area contributed by atoms with Crippen LogP contribution in [0.15, 0.2) is 35.1 Å². The quantitative estimate of drug-likeness (QED) is 0.556. The molecule has 142 valence electrons. The fourth-order valence-corrected chi connectivity index (χ4v) is 3.00. The summed E-state index contributed by atoms with van der Waals surface area (Å²) in [4.78, 5) is 14.5. The Balaban J connectivity index is 1.99. The first kappa shape index (κ1) is 20.7. The molecule has 0 aliphatic carbocycles. The van der Waals surface area contributed by atoms with E-state index in [0.717, 1.165) is 38.9 Å². The Bertz CT molecular complexity index is 759. The molecule has 0 radical (unpaired) electrons. The number of rotatable bonds is 10. The molecule has 1 heterocycles. The predicted molar refractivity (Wildman–Crippen MR) is 107 cm³/mol. The second-order valence-corrected chi connectivity index (χ2v) is 6.88. The van der Waals surface area contributed by atoms with E-state index >= 15 is 0 Å². The van der Waals surface area contributed by atoms with Crippen molar-refractivity contribution >= 4 is 23.2 Å². The SMILES string of the molecule is CCCN(CCC)CCCOc1ccc(=O)n(-c2ccc(Cl)c(Cl)c2)n1. The van der Waals surface area contributed by atoms with Gasteiger partial charge in [0.15, 0.2) is 0 Å². The van der Waals surface area contributed by atoms with E-state index in [4.69, 9.17) is 27.9 Å². The van der Waals surface area contributed by atoms with Gasteiger partial charge in [-0.2, -0.15) is 4.68 Å². The molecule has 26 heavy (non-hydrogen) atoms. The number of aromatic nitrogens is 2. The molecule has 2 rings (SSSR count). The van der Waals surface area contributed by atoms with E-state index in [1.54, 1.807) is 24.3 Å². The van der Waals surface area contributed by atoms with Crippen LogP contribution in [0.2, 0.25) is 10.0 Å². The van der Waals surface area contributed by atoms with E-state index in [-0.39, 0.29) is 5.56 Å². The molecule has 1 aromatic carbocycles.